The lowest BCUT2D eigenvalue weighted by Gasteiger charge is -2.22. The quantitative estimate of drug-likeness (QED) is 0.946. The van der Waals surface area contributed by atoms with Gasteiger partial charge in [0.15, 0.2) is 0 Å². The Morgan fingerprint density at radius 3 is 2.78 bits per heavy atom. The van der Waals surface area contributed by atoms with Crippen molar-refractivity contribution in [2.75, 3.05) is 18.1 Å². The van der Waals surface area contributed by atoms with Gasteiger partial charge in [0.2, 0.25) is 0 Å². The number of rotatable bonds is 3. The van der Waals surface area contributed by atoms with Crippen LogP contribution in [0.1, 0.15) is 16.7 Å². The van der Waals surface area contributed by atoms with Crippen LogP contribution in [0.4, 0.5) is 10.5 Å². The standard InChI is InChI=1S/C18H19NO4/c20-11-15-6-7-17-16(10-15)13-22-9-8-19(17)18(21)23-12-14-4-2-1-3-5-14/h1-7,10,20H,8-9,11-13H2. The van der Waals surface area contributed by atoms with E-state index in [4.69, 9.17) is 9.47 Å². The Labute approximate surface area is 135 Å². The largest absolute Gasteiger partial charge is 0.444 e. The van der Waals surface area contributed by atoms with Crippen LogP contribution in [0, 0.1) is 0 Å². The predicted molar refractivity (Wildman–Crippen MR) is 86.0 cm³/mol. The Bertz CT molecular complexity index is 672. The molecule has 5 nitrogen and oxygen atoms in total. The lowest BCUT2D eigenvalue weighted by Crippen LogP contribution is -2.33. The number of hydrogen-bond donors (Lipinski definition) is 1. The van der Waals surface area contributed by atoms with Crippen LogP contribution in [0.3, 0.4) is 0 Å². The molecule has 2 aromatic rings. The maximum absolute atomic E-state index is 12.4. The maximum atomic E-state index is 12.4. The predicted octanol–water partition coefficient (Wildman–Crippen LogP) is 2.85. The van der Waals surface area contributed by atoms with Crippen LogP contribution in [0.5, 0.6) is 0 Å². The zero-order valence-corrected chi connectivity index (χ0v) is 12.8. The number of aliphatic hydroxyl groups excluding tert-OH is 1. The van der Waals surface area contributed by atoms with E-state index in [9.17, 15) is 9.90 Å². The van der Waals surface area contributed by atoms with Crippen molar-refractivity contribution in [3.8, 4) is 0 Å². The van der Waals surface area contributed by atoms with E-state index in [2.05, 4.69) is 0 Å². The van der Waals surface area contributed by atoms with Crippen molar-refractivity contribution >= 4 is 11.8 Å². The van der Waals surface area contributed by atoms with Gasteiger partial charge in [-0.15, -0.1) is 0 Å². The molecular weight excluding hydrogens is 294 g/mol. The molecule has 1 aliphatic heterocycles. The van der Waals surface area contributed by atoms with E-state index in [1.807, 2.05) is 48.5 Å². The molecule has 3 rings (SSSR count). The third-order valence-electron chi connectivity index (χ3n) is 3.76. The van der Waals surface area contributed by atoms with E-state index in [0.717, 1.165) is 22.4 Å². The first-order valence-corrected chi connectivity index (χ1v) is 7.56. The molecule has 2 aromatic carbocycles. The van der Waals surface area contributed by atoms with E-state index in [1.165, 1.54) is 0 Å². The molecular formula is C18H19NO4. The van der Waals surface area contributed by atoms with Crippen molar-refractivity contribution < 1.29 is 19.4 Å². The summed E-state index contributed by atoms with van der Waals surface area (Å²) >= 11 is 0. The molecule has 1 heterocycles. The van der Waals surface area contributed by atoms with Crippen LogP contribution in [-0.4, -0.2) is 24.4 Å². The van der Waals surface area contributed by atoms with Crippen LogP contribution >= 0.6 is 0 Å². The number of anilines is 1. The highest BCUT2D eigenvalue weighted by Gasteiger charge is 2.23. The van der Waals surface area contributed by atoms with Gasteiger partial charge in [-0.3, -0.25) is 4.90 Å². The van der Waals surface area contributed by atoms with Crippen molar-refractivity contribution in [1.29, 1.82) is 0 Å². The van der Waals surface area contributed by atoms with Gasteiger partial charge in [-0.25, -0.2) is 4.79 Å². The lowest BCUT2D eigenvalue weighted by atomic mass is 10.1. The summed E-state index contributed by atoms with van der Waals surface area (Å²) in [6, 6.07) is 15.1. The zero-order valence-electron chi connectivity index (χ0n) is 12.8. The fraction of sp³-hybridized carbons (Fsp3) is 0.278. The van der Waals surface area contributed by atoms with E-state index in [-0.39, 0.29) is 13.2 Å². The molecule has 0 fully saturated rings. The Kier molecular flexibility index (Phi) is 4.90. The molecule has 0 aromatic heterocycles. The zero-order chi connectivity index (χ0) is 16.1. The summed E-state index contributed by atoms with van der Waals surface area (Å²) in [6.07, 6.45) is -0.391. The van der Waals surface area contributed by atoms with E-state index in [1.54, 1.807) is 4.90 Å². The van der Waals surface area contributed by atoms with Gasteiger partial charge in [0, 0.05) is 5.56 Å². The maximum Gasteiger partial charge on any atom is 0.414 e. The van der Waals surface area contributed by atoms with Crippen molar-refractivity contribution in [3.05, 3.63) is 65.2 Å². The number of carbonyl (C=O) groups excluding carboxylic acids is 1. The highest BCUT2D eigenvalue weighted by atomic mass is 16.6. The van der Waals surface area contributed by atoms with Gasteiger partial charge in [0.1, 0.15) is 6.61 Å². The monoisotopic (exact) mass is 313 g/mol. The molecule has 1 amide bonds. The molecule has 0 saturated heterocycles. The molecule has 120 valence electrons. The number of amides is 1. The summed E-state index contributed by atoms with van der Waals surface area (Å²) in [7, 11) is 0. The van der Waals surface area contributed by atoms with Crippen molar-refractivity contribution in [2.45, 2.75) is 19.8 Å². The number of aliphatic hydroxyl groups is 1. The molecule has 5 heteroatoms. The van der Waals surface area contributed by atoms with Gasteiger partial charge in [-0.1, -0.05) is 36.4 Å². The van der Waals surface area contributed by atoms with Gasteiger partial charge >= 0.3 is 6.09 Å². The second-order valence-electron chi connectivity index (χ2n) is 5.37. The third-order valence-corrected chi connectivity index (χ3v) is 3.76. The number of carbonyl (C=O) groups is 1. The van der Waals surface area contributed by atoms with Crippen LogP contribution in [-0.2, 0) is 29.3 Å². The number of fused-ring (bicyclic) bond motifs is 1. The first-order chi connectivity index (χ1) is 11.3. The average Bonchev–Trinajstić information content (AvgIpc) is 2.82. The fourth-order valence-corrected chi connectivity index (χ4v) is 2.56. The van der Waals surface area contributed by atoms with Crippen LogP contribution in [0.25, 0.3) is 0 Å². The summed E-state index contributed by atoms with van der Waals surface area (Å²) in [4.78, 5) is 14.0. The Morgan fingerprint density at radius 2 is 2.00 bits per heavy atom. The van der Waals surface area contributed by atoms with Crippen molar-refractivity contribution in [2.24, 2.45) is 0 Å². The third kappa shape index (κ3) is 3.70. The normalized spacial score (nSPS) is 14.0. The Balaban J connectivity index is 1.75. The number of ether oxygens (including phenoxy) is 2. The summed E-state index contributed by atoms with van der Waals surface area (Å²) in [5, 5.41) is 9.25. The fourth-order valence-electron chi connectivity index (χ4n) is 2.56. The molecule has 0 saturated carbocycles. The number of benzene rings is 2. The smallest absolute Gasteiger partial charge is 0.414 e. The summed E-state index contributed by atoms with van der Waals surface area (Å²) < 4.78 is 11.0. The molecule has 1 aliphatic rings. The van der Waals surface area contributed by atoms with Gasteiger partial charge in [0.05, 0.1) is 32.1 Å². The molecule has 23 heavy (non-hydrogen) atoms. The molecule has 1 N–H and O–H groups in total. The molecule has 0 spiro atoms. The van der Waals surface area contributed by atoms with Gasteiger partial charge in [-0.2, -0.15) is 0 Å². The van der Waals surface area contributed by atoms with Crippen LogP contribution in [0.2, 0.25) is 0 Å². The van der Waals surface area contributed by atoms with Gasteiger partial charge < -0.3 is 14.6 Å². The Morgan fingerprint density at radius 1 is 1.17 bits per heavy atom. The minimum absolute atomic E-state index is 0.0360. The number of nitrogens with zero attached hydrogens (tertiary/aromatic N) is 1. The average molecular weight is 313 g/mol. The van der Waals surface area contributed by atoms with E-state index >= 15 is 0 Å². The van der Waals surface area contributed by atoms with E-state index in [0.29, 0.717) is 19.8 Å². The highest BCUT2D eigenvalue weighted by molar-refractivity contribution is 5.88. The Hall–Kier alpha value is -2.37. The molecule has 0 atom stereocenters. The second kappa shape index (κ2) is 7.26. The van der Waals surface area contributed by atoms with Gasteiger partial charge in [-0.05, 0) is 23.3 Å². The lowest BCUT2D eigenvalue weighted by molar-refractivity contribution is 0.125. The molecule has 0 aliphatic carbocycles. The summed E-state index contributed by atoms with van der Waals surface area (Å²) in [5.74, 6) is 0. The summed E-state index contributed by atoms with van der Waals surface area (Å²) in [6.45, 7) is 1.52. The minimum atomic E-state index is -0.391. The minimum Gasteiger partial charge on any atom is -0.444 e. The van der Waals surface area contributed by atoms with Crippen LogP contribution in [0.15, 0.2) is 48.5 Å². The first-order valence-electron chi connectivity index (χ1n) is 7.56. The SMILES string of the molecule is O=C(OCc1ccccc1)N1CCOCc2cc(CO)ccc21. The highest BCUT2D eigenvalue weighted by Crippen LogP contribution is 2.26. The van der Waals surface area contributed by atoms with E-state index < -0.39 is 6.09 Å². The summed E-state index contributed by atoms with van der Waals surface area (Å²) in [5.41, 5.74) is 3.40. The molecule has 0 unspecified atom stereocenters. The second-order valence-corrected chi connectivity index (χ2v) is 5.37. The topological polar surface area (TPSA) is 59.0 Å². The van der Waals surface area contributed by atoms with Gasteiger partial charge in [0.25, 0.3) is 0 Å². The molecule has 0 radical (unpaired) electrons. The van der Waals surface area contributed by atoms with Crippen molar-refractivity contribution in [3.63, 3.8) is 0 Å². The van der Waals surface area contributed by atoms with Crippen molar-refractivity contribution in [1.82, 2.24) is 0 Å². The first kappa shape index (κ1) is 15.5. The van der Waals surface area contributed by atoms with Crippen LogP contribution < -0.4 is 4.90 Å². The molecule has 0 bridgehead atoms. The number of hydrogen-bond acceptors (Lipinski definition) is 4.